The first-order chi connectivity index (χ1) is 14.5. The van der Waals surface area contributed by atoms with Crippen molar-refractivity contribution in [3.8, 4) is 0 Å². The summed E-state index contributed by atoms with van der Waals surface area (Å²) in [5, 5.41) is 0.871. The molecule has 0 amide bonds. The van der Waals surface area contributed by atoms with Crippen molar-refractivity contribution in [2.24, 2.45) is 16.8 Å². The molecule has 2 aromatic rings. The number of aromatic nitrogens is 2. The first-order valence-corrected chi connectivity index (χ1v) is 10.6. The Balaban J connectivity index is 1.62. The Bertz CT molecular complexity index is 999. The highest BCUT2D eigenvalue weighted by Crippen LogP contribution is 2.29. The number of nitrogens with one attached hydrogen (secondary N) is 1. The Labute approximate surface area is 175 Å². The van der Waals surface area contributed by atoms with E-state index in [1.807, 2.05) is 12.1 Å². The molecule has 158 valence electrons. The number of aliphatic imine (C=N–C) groups is 1. The summed E-state index contributed by atoms with van der Waals surface area (Å²) in [6.07, 6.45) is 10.7. The third-order valence-electron chi connectivity index (χ3n) is 5.55. The number of H-pyrrole nitrogens is 1. The normalized spacial score (nSPS) is 22.9. The van der Waals surface area contributed by atoms with Gasteiger partial charge in [0.15, 0.2) is 11.7 Å². The molecule has 0 radical (unpaired) electrons. The number of Topliss-reactive ketones (excluding diaryl/α,β-unsaturated/α-hetero) is 1. The highest BCUT2D eigenvalue weighted by molar-refractivity contribution is 6.27. The Morgan fingerprint density at radius 3 is 2.93 bits per heavy atom. The van der Waals surface area contributed by atoms with E-state index >= 15 is 0 Å². The quantitative estimate of drug-likeness (QED) is 0.457. The van der Waals surface area contributed by atoms with Gasteiger partial charge in [0.05, 0.1) is 6.10 Å². The zero-order chi connectivity index (χ0) is 21.1. The van der Waals surface area contributed by atoms with Crippen molar-refractivity contribution < 1.29 is 19.1 Å². The van der Waals surface area contributed by atoms with Crippen LogP contribution in [0.25, 0.3) is 17.1 Å². The molecular weight excluding hydrogens is 382 g/mol. The van der Waals surface area contributed by atoms with Crippen LogP contribution >= 0.6 is 0 Å². The molecule has 1 N–H and O–H groups in total. The summed E-state index contributed by atoms with van der Waals surface area (Å²) >= 11 is 0. The van der Waals surface area contributed by atoms with Crippen LogP contribution in [-0.4, -0.2) is 40.3 Å². The molecule has 7 heteroatoms. The van der Waals surface area contributed by atoms with E-state index in [1.165, 1.54) is 19.3 Å². The minimum absolute atomic E-state index is 0.104. The molecule has 30 heavy (non-hydrogen) atoms. The summed E-state index contributed by atoms with van der Waals surface area (Å²) in [4.78, 5) is 37.6. The molecule has 2 aliphatic rings. The summed E-state index contributed by atoms with van der Waals surface area (Å²) in [5.41, 5.74) is 1.49. The second-order valence-electron chi connectivity index (χ2n) is 8.22. The first-order valence-electron chi connectivity index (χ1n) is 10.6. The van der Waals surface area contributed by atoms with Gasteiger partial charge in [-0.25, -0.2) is 4.98 Å². The van der Waals surface area contributed by atoms with Crippen LogP contribution in [0.4, 0.5) is 0 Å². The van der Waals surface area contributed by atoms with E-state index in [-0.39, 0.29) is 17.8 Å². The number of carbonyl (C=O) groups excluding carboxylic acids is 2. The molecule has 1 saturated heterocycles. The highest BCUT2D eigenvalue weighted by atomic mass is 16.6. The molecule has 1 saturated carbocycles. The Kier molecular flexibility index (Phi) is 5.97. The number of pyridine rings is 1. The lowest BCUT2D eigenvalue weighted by Gasteiger charge is -2.19. The number of hydrogen-bond acceptors (Lipinski definition) is 6. The minimum atomic E-state index is -1.13. The number of ketones is 1. The van der Waals surface area contributed by atoms with Gasteiger partial charge in [-0.3, -0.25) is 14.6 Å². The Morgan fingerprint density at radius 1 is 1.37 bits per heavy atom. The van der Waals surface area contributed by atoms with E-state index in [4.69, 9.17) is 9.47 Å². The van der Waals surface area contributed by atoms with Crippen LogP contribution in [0.3, 0.4) is 0 Å². The van der Waals surface area contributed by atoms with Gasteiger partial charge in [-0.2, -0.15) is 0 Å². The molecular formula is C23H27N3O4. The van der Waals surface area contributed by atoms with Gasteiger partial charge in [-0.1, -0.05) is 19.3 Å². The Hall–Kier alpha value is -2.96. The van der Waals surface area contributed by atoms with Crippen LogP contribution < -0.4 is 0 Å². The van der Waals surface area contributed by atoms with Crippen LogP contribution in [0, 0.1) is 11.8 Å². The molecule has 0 aromatic carbocycles. The standard InChI is InChI=1S/C23H27N3O4/c1-14(2)29-23(28)19-20(27)18(11-16-13-25-21-17(16)9-6-10-24-21)30-22(19)26-12-15-7-4-3-5-8-15/h6,9-11,13-15,19H,3-5,7-8,12H2,1-2H3,(H,24,25)/b18-11-,26-22?. The lowest BCUT2D eigenvalue weighted by Crippen LogP contribution is -2.30. The van der Waals surface area contributed by atoms with Gasteiger partial charge in [0.1, 0.15) is 5.65 Å². The lowest BCUT2D eigenvalue weighted by molar-refractivity contribution is -0.151. The van der Waals surface area contributed by atoms with Crippen LogP contribution in [0.1, 0.15) is 51.5 Å². The van der Waals surface area contributed by atoms with Crippen molar-refractivity contribution >= 4 is 34.8 Å². The number of allylic oxidation sites excluding steroid dienone is 1. The average Bonchev–Trinajstić information content (AvgIpc) is 3.28. The molecule has 1 atom stereocenters. The maximum absolute atomic E-state index is 13.1. The summed E-state index contributed by atoms with van der Waals surface area (Å²) in [5.74, 6) is -1.43. The SMILES string of the molecule is CC(C)OC(=O)C1C(=O)/C(=C/c2c[nH]c3ncccc23)OC1=NCC1CCCCC1. The van der Waals surface area contributed by atoms with Crippen molar-refractivity contribution in [2.75, 3.05) is 6.54 Å². The second-order valence-corrected chi connectivity index (χ2v) is 8.22. The molecule has 2 fully saturated rings. The highest BCUT2D eigenvalue weighted by Gasteiger charge is 2.45. The van der Waals surface area contributed by atoms with E-state index in [2.05, 4.69) is 15.0 Å². The molecule has 3 heterocycles. The third-order valence-corrected chi connectivity index (χ3v) is 5.55. The number of hydrogen-bond donors (Lipinski definition) is 1. The van der Waals surface area contributed by atoms with Crippen LogP contribution in [0.2, 0.25) is 0 Å². The first kappa shape index (κ1) is 20.3. The number of rotatable bonds is 5. The summed E-state index contributed by atoms with van der Waals surface area (Å²) in [6, 6.07) is 3.74. The monoisotopic (exact) mass is 409 g/mol. The van der Waals surface area contributed by atoms with Crippen LogP contribution in [-0.2, 0) is 19.1 Å². The number of esters is 1. The topological polar surface area (TPSA) is 93.6 Å². The Morgan fingerprint density at radius 2 is 2.17 bits per heavy atom. The fraction of sp³-hybridized carbons (Fsp3) is 0.478. The van der Waals surface area contributed by atoms with Crippen molar-refractivity contribution in [3.05, 3.63) is 35.8 Å². The third kappa shape index (κ3) is 4.30. The molecule has 0 bridgehead atoms. The maximum Gasteiger partial charge on any atom is 0.326 e. The zero-order valence-corrected chi connectivity index (χ0v) is 17.4. The van der Waals surface area contributed by atoms with Crippen LogP contribution in [0.15, 0.2) is 35.3 Å². The number of nitrogens with zero attached hydrogens (tertiary/aromatic N) is 2. The van der Waals surface area contributed by atoms with Crippen molar-refractivity contribution in [3.63, 3.8) is 0 Å². The van der Waals surface area contributed by atoms with Gasteiger partial charge < -0.3 is 14.5 Å². The predicted molar refractivity (Wildman–Crippen MR) is 114 cm³/mol. The van der Waals surface area contributed by atoms with E-state index in [1.54, 1.807) is 32.3 Å². The van der Waals surface area contributed by atoms with Gasteiger partial charge in [0.25, 0.3) is 0 Å². The number of carbonyl (C=O) groups is 2. The van der Waals surface area contributed by atoms with Gasteiger partial charge in [-0.15, -0.1) is 0 Å². The van der Waals surface area contributed by atoms with Crippen molar-refractivity contribution in [1.82, 2.24) is 9.97 Å². The molecule has 7 nitrogen and oxygen atoms in total. The van der Waals surface area contributed by atoms with E-state index in [0.29, 0.717) is 12.5 Å². The summed E-state index contributed by atoms with van der Waals surface area (Å²) in [7, 11) is 0. The van der Waals surface area contributed by atoms with Gasteiger partial charge in [0, 0.05) is 29.9 Å². The largest absolute Gasteiger partial charge is 0.462 e. The summed E-state index contributed by atoms with van der Waals surface area (Å²) in [6.45, 7) is 4.08. The number of aromatic amines is 1. The van der Waals surface area contributed by atoms with Gasteiger partial charge >= 0.3 is 5.97 Å². The van der Waals surface area contributed by atoms with Gasteiger partial charge in [0.2, 0.25) is 11.7 Å². The average molecular weight is 409 g/mol. The number of fused-ring (bicyclic) bond motifs is 1. The van der Waals surface area contributed by atoms with E-state index in [9.17, 15) is 9.59 Å². The van der Waals surface area contributed by atoms with Crippen molar-refractivity contribution in [1.29, 1.82) is 0 Å². The zero-order valence-electron chi connectivity index (χ0n) is 17.4. The summed E-state index contributed by atoms with van der Waals surface area (Å²) < 4.78 is 11.1. The van der Waals surface area contributed by atoms with E-state index in [0.717, 1.165) is 29.4 Å². The fourth-order valence-electron chi connectivity index (χ4n) is 4.04. The molecule has 1 aliphatic carbocycles. The van der Waals surface area contributed by atoms with E-state index < -0.39 is 17.7 Å². The fourth-order valence-corrected chi connectivity index (χ4v) is 4.04. The molecule has 0 spiro atoms. The maximum atomic E-state index is 13.1. The lowest BCUT2D eigenvalue weighted by atomic mass is 9.89. The number of ether oxygens (including phenoxy) is 2. The minimum Gasteiger partial charge on any atom is -0.462 e. The molecule has 2 aromatic heterocycles. The van der Waals surface area contributed by atoms with Crippen molar-refractivity contribution in [2.45, 2.75) is 52.1 Å². The molecule has 1 unspecified atom stereocenters. The molecule has 1 aliphatic heterocycles. The molecule has 4 rings (SSSR count). The second kappa shape index (κ2) is 8.81. The predicted octanol–water partition coefficient (Wildman–Crippen LogP) is 4.05. The van der Waals surface area contributed by atoms with Gasteiger partial charge in [-0.05, 0) is 50.8 Å². The van der Waals surface area contributed by atoms with Crippen LogP contribution in [0.5, 0.6) is 0 Å². The smallest absolute Gasteiger partial charge is 0.326 e.